The lowest BCUT2D eigenvalue weighted by Gasteiger charge is -2.13. The number of carbonyl (C=O) groups excluding carboxylic acids is 1. The van der Waals surface area contributed by atoms with Crippen molar-refractivity contribution in [2.45, 2.75) is 26.2 Å². The van der Waals surface area contributed by atoms with Crippen molar-refractivity contribution in [1.29, 1.82) is 0 Å². The van der Waals surface area contributed by atoms with E-state index >= 15 is 0 Å². The molecule has 0 bridgehead atoms. The Balaban J connectivity index is 2.10. The van der Waals surface area contributed by atoms with E-state index in [9.17, 15) is 22.4 Å². The van der Waals surface area contributed by atoms with Crippen molar-refractivity contribution in [1.82, 2.24) is 5.32 Å². The molecule has 0 aliphatic carbocycles. The standard InChI is InChI=1S/C19H17F4NO3/c1-12(13-5-3-2-4-6-13)24-17(25)10-8-14-7-9-15(26-18(20)21)11-16(14)27-19(22)23/h2-12,18-19H,1H3,(H,24,25)/b10-8+/t12-/m0/s1. The molecule has 0 saturated carbocycles. The molecule has 0 unspecified atom stereocenters. The molecule has 27 heavy (non-hydrogen) atoms. The monoisotopic (exact) mass is 383 g/mol. The lowest BCUT2D eigenvalue weighted by atomic mass is 10.1. The molecular weight excluding hydrogens is 366 g/mol. The number of rotatable bonds is 8. The highest BCUT2D eigenvalue weighted by Crippen LogP contribution is 2.28. The fourth-order valence-corrected chi connectivity index (χ4v) is 2.28. The van der Waals surface area contributed by atoms with Gasteiger partial charge in [-0.3, -0.25) is 4.79 Å². The van der Waals surface area contributed by atoms with Gasteiger partial charge in [0, 0.05) is 17.7 Å². The molecule has 4 nitrogen and oxygen atoms in total. The quantitative estimate of drug-likeness (QED) is 0.527. The van der Waals surface area contributed by atoms with Crippen LogP contribution in [0.25, 0.3) is 6.08 Å². The predicted octanol–water partition coefficient (Wildman–Crippen LogP) is 4.78. The van der Waals surface area contributed by atoms with Crippen molar-refractivity contribution in [3.63, 3.8) is 0 Å². The molecule has 0 aliphatic heterocycles. The van der Waals surface area contributed by atoms with Crippen molar-refractivity contribution >= 4 is 12.0 Å². The third-order valence-electron chi connectivity index (χ3n) is 3.50. The first-order chi connectivity index (χ1) is 12.8. The summed E-state index contributed by atoms with van der Waals surface area (Å²) in [5, 5.41) is 2.73. The summed E-state index contributed by atoms with van der Waals surface area (Å²) in [7, 11) is 0. The van der Waals surface area contributed by atoms with E-state index < -0.39 is 19.1 Å². The van der Waals surface area contributed by atoms with Gasteiger partial charge in [-0.2, -0.15) is 17.6 Å². The maximum atomic E-state index is 12.5. The number of nitrogens with one attached hydrogen (secondary N) is 1. The molecule has 2 aromatic carbocycles. The minimum Gasteiger partial charge on any atom is -0.435 e. The van der Waals surface area contributed by atoms with E-state index in [0.29, 0.717) is 0 Å². The Morgan fingerprint density at radius 3 is 2.30 bits per heavy atom. The first-order valence-electron chi connectivity index (χ1n) is 7.92. The number of ether oxygens (including phenoxy) is 2. The largest absolute Gasteiger partial charge is 0.435 e. The van der Waals surface area contributed by atoms with Gasteiger partial charge in [0.1, 0.15) is 11.5 Å². The summed E-state index contributed by atoms with van der Waals surface area (Å²) in [6.45, 7) is -4.47. The van der Waals surface area contributed by atoms with Gasteiger partial charge in [0.15, 0.2) is 0 Å². The molecule has 1 atom stereocenters. The minimum absolute atomic E-state index is 0.111. The molecule has 0 spiro atoms. The van der Waals surface area contributed by atoms with E-state index in [-0.39, 0.29) is 23.1 Å². The molecule has 0 aliphatic rings. The number of carbonyl (C=O) groups is 1. The zero-order valence-electron chi connectivity index (χ0n) is 14.2. The first kappa shape index (κ1) is 20.3. The second-order valence-electron chi connectivity index (χ2n) is 5.43. The van der Waals surface area contributed by atoms with Gasteiger partial charge < -0.3 is 14.8 Å². The molecule has 144 valence electrons. The van der Waals surface area contributed by atoms with Crippen molar-refractivity contribution < 1.29 is 31.8 Å². The number of hydrogen-bond donors (Lipinski definition) is 1. The van der Waals surface area contributed by atoms with Gasteiger partial charge in [0.2, 0.25) is 5.91 Å². The molecule has 2 rings (SSSR count). The molecule has 1 amide bonds. The van der Waals surface area contributed by atoms with Gasteiger partial charge in [0.25, 0.3) is 0 Å². The molecule has 2 aromatic rings. The van der Waals surface area contributed by atoms with Crippen LogP contribution in [0.1, 0.15) is 24.1 Å². The highest BCUT2D eigenvalue weighted by Gasteiger charge is 2.13. The van der Waals surface area contributed by atoms with E-state index in [1.54, 1.807) is 6.92 Å². The predicted molar refractivity (Wildman–Crippen MR) is 91.7 cm³/mol. The average molecular weight is 383 g/mol. The second-order valence-corrected chi connectivity index (χ2v) is 5.43. The summed E-state index contributed by atoms with van der Waals surface area (Å²) < 4.78 is 58.0. The lowest BCUT2D eigenvalue weighted by molar-refractivity contribution is -0.117. The van der Waals surface area contributed by atoms with Crippen LogP contribution in [0.5, 0.6) is 11.5 Å². The third-order valence-corrected chi connectivity index (χ3v) is 3.50. The summed E-state index contributed by atoms with van der Waals surface area (Å²) >= 11 is 0. The van der Waals surface area contributed by atoms with Gasteiger partial charge in [-0.1, -0.05) is 30.3 Å². The maximum absolute atomic E-state index is 12.5. The number of benzene rings is 2. The summed E-state index contributed by atoms with van der Waals surface area (Å²) in [5.74, 6) is -1.18. The Morgan fingerprint density at radius 1 is 1.00 bits per heavy atom. The van der Waals surface area contributed by atoms with Crippen LogP contribution in [0.2, 0.25) is 0 Å². The van der Waals surface area contributed by atoms with Crippen molar-refractivity contribution in [2.24, 2.45) is 0 Å². The topological polar surface area (TPSA) is 47.6 Å². The van der Waals surface area contributed by atoms with Gasteiger partial charge in [-0.15, -0.1) is 0 Å². The number of hydrogen-bond acceptors (Lipinski definition) is 3. The number of halogens is 4. The summed E-state index contributed by atoms with van der Waals surface area (Å²) in [6.07, 6.45) is 2.39. The SMILES string of the molecule is C[C@H](NC(=O)/C=C/c1ccc(OC(F)F)cc1OC(F)F)c1ccccc1. The van der Waals surface area contributed by atoms with Crippen molar-refractivity contribution in [3.05, 3.63) is 65.7 Å². The van der Waals surface area contributed by atoms with Gasteiger partial charge in [-0.05, 0) is 30.7 Å². The van der Waals surface area contributed by atoms with Crippen LogP contribution in [0.4, 0.5) is 17.6 Å². The average Bonchev–Trinajstić information content (AvgIpc) is 2.60. The van der Waals surface area contributed by atoms with Crippen LogP contribution in [0.3, 0.4) is 0 Å². The smallest absolute Gasteiger partial charge is 0.387 e. The van der Waals surface area contributed by atoms with Crippen LogP contribution in [0, 0.1) is 0 Å². The summed E-state index contributed by atoms with van der Waals surface area (Å²) in [4.78, 5) is 12.0. The fourth-order valence-electron chi connectivity index (χ4n) is 2.28. The highest BCUT2D eigenvalue weighted by molar-refractivity contribution is 5.92. The van der Waals surface area contributed by atoms with Gasteiger partial charge >= 0.3 is 13.2 Å². The lowest BCUT2D eigenvalue weighted by Crippen LogP contribution is -2.24. The Kier molecular flexibility index (Phi) is 7.22. The van der Waals surface area contributed by atoms with Crippen molar-refractivity contribution in [2.75, 3.05) is 0 Å². The summed E-state index contributed by atoms with van der Waals surface area (Å²) in [6, 6.07) is 12.3. The zero-order valence-corrected chi connectivity index (χ0v) is 14.2. The first-order valence-corrected chi connectivity index (χ1v) is 7.92. The van der Waals surface area contributed by atoms with Crippen molar-refractivity contribution in [3.8, 4) is 11.5 Å². The third kappa shape index (κ3) is 6.65. The molecular formula is C19H17F4NO3. The Bertz CT molecular complexity index is 782. The van der Waals surface area contributed by atoms with Crippen LogP contribution < -0.4 is 14.8 Å². The van der Waals surface area contributed by atoms with Crippen LogP contribution in [-0.4, -0.2) is 19.1 Å². The molecule has 0 radical (unpaired) electrons. The second kappa shape index (κ2) is 9.61. The van der Waals surface area contributed by atoms with E-state index in [1.165, 1.54) is 12.1 Å². The molecule has 0 saturated heterocycles. The van der Waals surface area contributed by atoms with Crippen LogP contribution in [0.15, 0.2) is 54.6 Å². The highest BCUT2D eigenvalue weighted by atomic mass is 19.3. The van der Waals surface area contributed by atoms with E-state index in [1.807, 2.05) is 30.3 Å². The Morgan fingerprint density at radius 2 is 1.67 bits per heavy atom. The molecule has 0 aromatic heterocycles. The van der Waals surface area contributed by atoms with Crippen LogP contribution in [-0.2, 0) is 4.79 Å². The van der Waals surface area contributed by atoms with E-state index in [2.05, 4.69) is 14.8 Å². The molecule has 8 heteroatoms. The van der Waals surface area contributed by atoms with Crippen LogP contribution >= 0.6 is 0 Å². The minimum atomic E-state index is -3.16. The molecule has 0 heterocycles. The molecule has 1 N–H and O–H groups in total. The zero-order chi connectivity index (χ0) is 19.8. The van der Waals surface area contributed by atoms with Gasteiger partial charge in [0.05, 0.1) is 6.04 Å². The maximum Gasteiger partial charge on any atom is 0.387 e. The number of amides is 1. The Hall–Kier alpha value is -3.03. The molecule has 0 fully saturated rings. The van der Waals surface area contributed by atoms with E-state index in [4.69, 9.17) is 0 Å². The van der Waals surface area contributed by atoms with E-state index in [0.717, 1.165) is 23.8 Å². The van der Waals surface area contributed by atoms with Gasteiger partial charge in [-0.25, -0.2) is 0 Å². The Labute approximate surface area is 153 Å². The summed E-state index contributed by atoms with van der Waals surface area (Å²) in [5.41, 5.74) is 1.01. The normalized spacial score (nSPS) is 12.4. The number of alkyl halides is 4. The fraction of sp³-hybridized carbons (Fsp3) is 0.211.